The maximum Gasteiger partial charge on any atom is 0.262 e. The van der Waals surface area contributed by atoms with Crippen molar-refractivity contribution in [2.75, 3.05) is 0 Å². The lowest BCUT2D eigenvalue weighted by molar-refractivity contribution is 0.0954. The summed E-state index contributed by atoms with van der Waals surface area (Å²) < 4.78 is 1.81. The second-order valence-corrected chi connectivity index (χ2v) is 9.12. The van der Waals surface area contributed by atoms with Gasteiger partial charge in [-0.05, 0) is 55.9 Å². The van der Waals surface area contributed by atoms with E-state index < -0.39 is 0 Å². The molecule has 0 spiro atoms. The molecule has 5 nitrogen and oxygen atoms in total. The van der Waals surface area contributed by atoms with Crippen LogP contribution in [0.3, 0.4) is 0 Å². The van der Waals surface area contributed by atoms with Gasteiger partial charge in [-0.1, -0.05) is 29.8 Å². The van der Waals surface area contributed by atoms with Gasteiger partial charge >= 0.3 is 0 Å². The average Bonchev–Trinajstić information content (AvgIpc) is 3.36. The zero-order chi connectivity index (χ0) is 20.8. The van der Waals surface area contributed by atoms with Crippen LogP contribution in [-0.4, -0.2) is 20.7 Å². The Hall–Kier alpha value is -2.70. The fraction of sp³-hybridized carbons (Fsp3) is 0.261. The molecule has 0 bridgehead atoms. The molecule has 0 saturated heterocycles. The molecule has 1 saturated carbocycles. The van der Waals surface area contributed by atoms with E-state index in [0.717, 1.165) is 56.0 Å². The van der Waals surface area contributed by atoms with Gasteiger partial charge in [0.15, 0.2) is 0 Å². The third kappa shape index (κ3) is 3.40. The van der Waals surface area contributed by atoms with E-state index in [0.29, 0.717) is 17.5 Å². The van der Waals surface area contributed by atoms with Crippen LogP contribution in [0.5, 0.6) is 0 Å². The molecule has 4 aromatic rings. The number of nitrogens with one attached hydrogen (secondary N) is 1. The van der Waals surface area contributed by atoms with Crippen LogP contribution in [-0.2, 0) is 6.54 Å². The maximum atomic E-state index is 13.1. The van der Waals surface area contributed by atoms with E-state index in [1.165, 1.54) is 11.3 Å². The van der Waals surface area contributed by atoms with Crippen LogP contribution in [0.1, 0.15) is 50.8 Å². The van der Waals surface area contributed by atoms with Gasteiger partial charge < -0.3 is 5.32 Å². The number of para-hydroxylation sites is 1. The number of thiophene rings is 1. The summed E-state index contributed by atoms with van der Waals surface area (Å²) in [6.45, 7) is 4.36. The second-order valence-electron chi connectivity index (χ2n) is 7.75. The van der Waals surface area contributed by atoms with Crippen molar-refractivity contribution in [3.05, 3.63) is 75.0 Å². The predicted octanol–water partition coefficient (Wildman–Crippen LogP) is 5.56. The monoisotopic (exact) mass is 436 g/mol. The van der Waals surface area contributed by atoms with E-state index >= 15 is 0 Å². The van der Waals surface area contributed by atoms with Crippen molar-refractivity contribution in [1.29, 1.82) is 0 Å². The molecule has 1 aliphatic carbocycles. The Bertz CT molecular complexity index is 1260. The molecule has 0 atom stereocenters. The summed E-state index contributed by atoms with van der Waals surface area (Å²) in [5.74, 6) is 0.375. The molecule has 1 amide bonds. The minimum atomic E-state index is -0.0551. The quantitative estimate of drug-likeness (QED) is 0.445. The highest BCUT2D eigenvalue weighted by atomic mass is 35.5. The first-order valence-corrected chi connectivity index (χ1v) is 11.2. The van der Waals surface area contributed by atoms with Crippen LogP contribution < -0.4 is 5.32 Å². The third-order valence-electron chi connectivity index (χ3n) is 5.52. The Morgan fingerprint density at radius 3 is 2.77 bits per heavy atom. The molecule has 0 radical (unpaired) electrons. The number of pyridine rings is 1. The summed E-state index contributed by atoms with van der Waals surface area (Å²) >= 11 is 7.94. The number of nitrogens with zero attached hydrogens (tertiary/aromatic N) is 3. The zero-order valence-electron chi connectivity index (χ0n) is 16.8. The Morgan fingerprint density at radius 2 is 2.03 bits per heavy atom. The van der Waals surface area contributed by atoms with Gasteiger partial charge in [-0.15, -0.1) is 11.3 Å². The van der Waals surface area contributed by atoms with Crippen LogP contribution in [0.4, 0.5) is 0 Å². The number of benzene rings is 1. The zero-order valence-corrected chi connectivity index (χ0v) is 18.3. The van der Waals surface area contributed by atoms with Gasteiger partial charge in [-0.25, -0.2) is 9.67 Å². The number of carbonyl (C=O) groups excluding carboxylic acids is 1. The third-order valence-corrected chi connectivity index (χ3v) is 7.17. The smallest absolute Gasteiger partial charge is 0.262 e. The van der Waals surface area contributed by atoms with Crippen molar-refractivity contribution in [2.45, 2.75) is 39.2 Å². The number of hydrogen-bond donors (Lipinski definition) is 1. The van der Waals surface area contributed by atoms with Gasteiger partial charge in [0.2, 0.25) is 0 Å². The van der Waals surface area contributed by atoms with Crippen LogP contribution >= 0.6 is 22.9 Å². The molecule has 30 heavy (non-hydrogen) atoms. The fourth-order valence-corrected chi connectivity index (χ4v) is 5.24. The summed E-state index contributed by atoms with van der Waals surface area (Å²) in [6.07, 6.45) is 5.95. The molecular weight excluding hydrogens is 416 g/mol. The van der Waals surface area contributed by atoms with Crippen LogP contribution in [0.15, 0.2) is 42.7 Å². The number of fused-ring (bicyclic) bond motifs is 1. The lowest BCUT2D eigenvalue weighted by atomic mass is 10.0. The van der Waals surface area contributed by atoms with E-state index in [4.69, 9.17) is 11.6 Å². The molecule has 3 heterocycles. The van der Waals surface area contributed by atoms with Gasteiger partial charge in [0.1, 0.15) is 4.83 Å². The Kier molecular flexibility index (Phi) is 4.83. The molecule has 152 valence electrons. The lowest BCUT2D eigenvalue weighted by Crippen LogP contribution is -2.22. The molecule has 1 N–H and O–H groups in total. The standard InChI is InChI=1S/C23H21ClN4OS/c1-13-18-19(16-8-9-16)21(30-23(18)27-14(2)20(13)24)22(29)25-10-15-11-26-28(12-15)17-6-4-3-5-7-17/h3-7,11-12,16H,8-10H2,1-2H3,(H,25,29). The Labute approximate surface area is 183 Å². The molecule has 1 fully saturated rings. The fourth-order valence-electron chi connectivity index (χ4n) is 3.82. The molecule has 3 aromatic heterocycles. The summed E-state index contributed by atoms with van der Waals surface area (Å²) in [4.78, 5) is 19.4. The second kappa shape index (κ2) is 7.52. The van der Waals surface area contributed by atoms with Crippen LogP contribution in [0.25, 0.3) is 15.9 Å². The van der Waals surface area contributed by atoms with E-state index in [1.54, 1.807) is 6.20 Å². The average molecular weight is 437 g/mol. The number of aromatic nitrogens is 3. The minimum Gasteiger partial charge on any atom is -0.347 e. The molecule has 1 aliphatic rings. The van der Waals surface area contributed by atoms with E-state index in [2.05, 4.69) is 15.4 Å². The van der Waals surface area contributed by atoms with Gasteiger partial charge in [0, 0.05) is 23.7 Å². The van der Waals surface area contributed by atoms with Crippen LogP contribution in [0.2, 0.25) is 5.02 Å². The van der Waals surface area contributed by atoms with Crippen molar-refractivity contribution < 1.29 is 4.79 Å². The van der Waals surface area contributed by atoms with Gasteiger partial charge in [-0.3, -0.25) is 4.79 Å². The Balaban J connectivity index is 1.41. The van der Waals surface area contributed by atoms with Gasteiger partial charge in [0.25, 0.3) is 5.91 Å². The molecule has 7 heteroatoms. The number of rotatable bonds is 5. The molecule has 1 aromatic carbocycles. The number of carbonyl (C=O) groups is 1. The summed E-state index contributed by atoms with van der Waals surface area (Å²) in [7, 11) is 0. The number of hydrogen-bond acceptors (Lipinski definition) is 4. The van der Waals surface area contributed by atoms with Crippen molar-refractivity contribution >= 4 is 39.1 Å². The number of halogens is 1. The first-order chi connectivity index (χ1) is 14.5. The maximum absolute atomic E-state index is 13.1. The van der Waals surface area contributed by atoms with Crippen molar-refractivity contribution in [2.24, 2.45) is 0 Å². The summed E-state index contributed by atoms with van der Waals surface area (Å²) in [5.41, 5.74) is 4.91. The lowest BCUT2D eigenvalue weighted by Gasteiger charge is -2.07. The number of aryl methyl sites for hydroxylation is 2. The first-order valence-electron chi connectivity index (χ1n) is 9.99. The molecular formula is C23H21ClN4OS. The number of amides is 1. The molecule has 5 rings (SSSR count). The topological polar surface area (TPSA) is 59.8 Å². The Morgan fingerprint density at radius 1 is 1.27 bits per heavy atom. The normalized spacial score (nSPS) is 13.7. The summed E-state index contributed by atoms with van der Waals surface area (Å²) in [5, 5.41) is 9.24. The predicted molar refractivity (Wildman–Crippen MR) is 121 cm³/mol. The van der Waals surface area contributed by atoms with Crippen molar-refractivity contribution in [1.82, 2.24) is 20.1 Å². The van der Waals surface area contributed by atoms with E-state index in [-0.39, 0.29) is 5.91 Å². The highest BCUT2D eigenvalue weighted by Crippen LogP contribution is 2.49. The minimum absolute atomic E-state index is 0.0551. The molecule has 0 aliphatic heterocycles. The highest BCUT2D eigenvalue weighted by molar-refractivity contribution is 7.20. The van der Waals surface area contributed by atoms with E-state index in [1.807, 2.05) is 55.1 Å². The summed E-state index contributed by atoms with van der Waals surface area (Å²) in [6, 6.07) is 9.92. The van der Waals surface area contributed by atoms with Crippen LogP contribution in [0, 0.1) is 13.8 Å². The van der Waals surface area contributed by atoms with Gasteiger partial charge in [0.05, 0.1) is 27.5 Å². The van der Waals surface area contributed by atoms with Gasteiger partial charge in [-0.2, -0.15) is 5.10 Å². The SMILES string of the molecule is Cc1nc2sc(C(=O)NCc3cnn(-c4ccccc4)c3)c(C3CC3)c2c(C)c1Cl. The van der Waals surface area contributed by atoms with Crippen molar-refractivity contribution in [3.63, 3.8) is 0 Å². The van der Waals surface area contributed by atoms with E-state index in [9.17, 15) is 4.79 Å². The highest BCUT2D eigenvalue weighted by Gasteiger charge is 2.33. The van der Waals surface area contributed by atoms with Crippen molar-refractivity contribution in [3.8, 4) is 5.69 Å². The largest absolute Gasteiger partial charge is 0.347 e. The first kappa shape index (κ1) is 19.3. The molecule has 0 unspecified atom stereocenters.